The predicted octanol–water partition coefficient (Wildman–Crippen LogP) is 2.79. The molecule has 0 radical (unpaired) electrons. The molecule has 118 valence electrons. The number of halogens is 2. The van der Waals surface area contributed by atoms with Crippen LogP contribution < -0.4 is 0 Å². The van der Waals surface area contributed by atoms with Crippen molar-refractivity contribution in [3.63, 3.8) is 0 Å². The zero-order chi connectivity index (χ0) is 15.4. The topological polar surface area (TPSA) is 26.7 Å². The summed E-state index contributed by atoms with van der Waals surface area (Å²) < 4.78 is 14.1. The highest BCUT2D eigenvalue weighted by Crippen LogP contribution is 2.30. The van der Waals surface area contributed by atoms with Gasteiger partial charge >= 0.3 is 0 Å². The van der Waals surface area contributed by atoms with Crippen LogP contribution in [0.5, 0.6) is 0 Å². The fourth-order valence-electron chi connectivity index (χ4n) is 2.99. The van der Waals surface area contributed by atoms with Gasteiger partial charge in [0.2, 0.25) is 0 Å². The maximum absolute atomic E-state index is 14.1. The molecular formula is C16H24ClFN2O. The van der Waals surface area contributed by atoms with Gasteiger partial charge in [0.05, 0.1) is 12.6 Å². The van der Waals surface area contributed by atoms with E-state index in [0.29, 0.717) is 16.5 Å². The number of aliphatic hydroxyl groups excluding tert-OH is 1. The summed E-state index contributed by atoms with van der Waals surface area (Å²) >= 11 is 6.13. The number of hydrogen-bond acceptors (Lipinski definition) is 3. The van der Waals surface area contributed by atoms with Gasteiger partial charge < -0.3 is 10.0 Å². The molecule has 0 aliphatic carbocycles. The van der Waals surface area contributed by atoms with Crippen LogP contribution in [0.4, 0.5) is 4.39 Å². The minimum atomic E-state index is -0.361. The molecule has 1 aromatic rings. The van der Waals surface area contributed by atoms with Crippen molar-refractivity contribution in [2.75, 3.05) is 39.3 Å². The predicted molar refractivity (Wildman–Crippen MR) is 84.1 cm³/mol. The molecule has 0 amide bonds. The van der Waals surface area contributed by atoms with Gasteiger partial charge in [-0.2, -0.15) is 0 Å². The van der Waals surface area contributed by atoms with E-state index in [2.05, 4.69) is 23.6 Å². The van der Waals surface area contributed by atoms with Gasteiger partial charge in [-0.3, -0.25) is 4.90 Å². The average molecular weight is 315 g/mol. The smallest absolute Gasteiger partial charge is 0.129 e. The first kappa shape index (κ1) is 16.7. The monoisotopic (exact) mass is 314 g/mol. The molecule has 2 rings (SSSR count). The highest BCUT2D eigenvalue weighted by atomic mass is 35.5. The molecule has 0 saturated carbocycles. The van der Waals surface area contributed by atoms with Crippen molar-refractivity contribution in [1.82, 2.24) is 9.80 Å². The Balaban J connectivity index is 2.06. The summed E-state index contributed by atoms with van der Waals surface area (Å²) in [5.41, 5.74) is 0.416. The lowest BCUT2D eigenvalue weighted by Gasteiger charge is -2.39. The van der Waals surface area contributed by atoms with Crippen LogP contribution in [0.3, 0.4) is 0 Å². The summed E-state index contributed by atoms with van der Waals surface area (Å²) in [5.74, 6) is 0.303. The second-order valence-corrected chi connectivity index (χ2v) is 6.47. The van der Waals surface area contributed by atoms with E-state index in [9.17, 15) is 9.50 Å². The maximum atomic E-state index is 14.1. The number of benzene rings is 1. The quantitative estimate of drug-likeness (QED) is 0.905. The van der Waals surface area contributed by atoms with Crippen molar-refractivity contribution in [3.05, 3.63) is 34.6 Å². The van der Waals surface area contributed by atoms with Crippen molar-refractivity contribution in [2.24, 2.45) is 5.92 Å². The van der Waals surface area contributed by atoms with Gasteiger partial charge in [-0.15, -0.1) is 0 Å². The normalized spacial score (nSPS) is 19.1. The van der Waals surface area contributed by atoms with Crippen LogP contribution in [-0.2, 0) is 0 Å². The molecular weight excluding hydrogens is 291 g/mol. The van der Waals surface area contributed by atoms with Crippen molar-refractivity contribution >= 4 is 11.6 Å². The van der Waals surface area contributed by atoms with E-state index in [1.54, 1.807) is 12.1 Å². The Hall–Kier alpha value is -0.680. The molecule has 5 heteroatoms. The first-order valence-corrected chi connectivity index (χ1v) is 7.92. The fraction of sp³-hybridized carbons (Fsp3) is 0.625. The average Bonchev–Trinajstić information content (AvgIpc) is 2.44. The van der Waals surface area contributed by atoms with Crippen LogP contribution in [-0.4, -0.2) is 54.2 Å². The van der Waals surface area contributed by atoms with E-state index in [1.807, 2.05) is 0 Å². The minimum absolute atomic E-state index is 0.120. The van der Waals surface area contributed by atoms with Crippen molar-refractivity contribution < 1.29 is 9.50 Å². The number of aliphatic hydroxyl groups is 1. The first-order chi connectivity index (χ1) is 10.0. The highest BCUT2D eigenvalue weighted by molar-refractivity contribution is 6.31. The summed E-state index contributed by atoms with van der Waals surface area (Å²) in [6, 6.07) is 4.31. The van der Waals surface area contributed by atoms with E-state index in [-0.39, 0.29) is 18.5 Å². The number of hydrogen-bond donors (Lipinski definition) is 1. The van der Waals surface area contributed by atoms with Gasteiger partial charge in [0, 0.05) is 43.3 Å². The molecule has 1 aliphatic rings. The third-order valence-electron chi connectivity index (χ3n) is 3.98. The van der Waals surface area contributed by atoms with Gasteiger partial charge in [-0.05, 0) is 18.1 Å². The maximum Gasteiger partial charge on any atom is 0.129 e. The number of piperazine rings is 1. The Morgan fingerprint density at radius 1 is 1.24 bits per heavy atom. The summed E-state index contributed by atoms with van der Waals surface area (Å²) in [5, 5.41) is 10.1. The lowest BCUT2D eigenvalue weighted by atomic mass is 10.0. The van der Waals surface area contributed by atoms with E-state index in [4.69, 9.17) is 11.6 Å². The van der Waals surface area contributed by atoms with Crippen molar-refractivity contribution in [1.29, 1.82) is 0 Å². The minimum Gasteiger partial charge on any atom is -0.394 e. The zero-order valence-corrected chi connectivity index (χ0v) is 13.5. The molecule has 1 N–H and O–H groups in total. The molecule has 1 aliphatic heterocycles. The third kappa shape index (κ3) is 4.16. The van der Waals surface area contributed by atoms with E-state index in [1.165, 1.54) is 6.07 Å². The molecule has 1 aromatic carbocycles. The molecule has 0 aromatic heterocycles. The van der Waals surface area contributed by atoms with Crippen LogP contribution in [0.15, 0.2) is 18.2 Å². The van der Waals surface area contributed by atoms with Crippen LogP contribution >= 0.6 is 11.6 Å². The van der Waals surface area contributed by atoms with Crippen LogP contribution in [0.2, 0.25) is 5.02 Å². The van der Waals surface area contributed by atoms with E-state index >= 15 is 0 Å². The SMILES string of the molecule is CC(C)CN1CCN(C(CO)c2c(F)cccc2Cl)CC1. The van der Waals surface area contributed by atoms with Gasteiger partial charge in [-0.25, -0.2) is 4.39 Å². The third-order valence-corrected chi connectivity index (χ3v) is 4.31. The fourth-order valence-corrected chi connectivity index (χ4v) is 3.28. The van der Waals surface area contributed by atoms with Crippen molar-refractivity contribution in [2.45, 2.75) is 19.9 Å². The van der Waals surface area contributed by atoms with Crippen LogP contribution in [0.25, 0.3) is 0 Å². The lowest BCUT2D eigenvalue weighted by Crippen LogP contribution is -2.49. The second-order valence-electron chi connectivity index (χ2n) is 6.06. The molecule has 0 bridgehead atoms. The number of rotatable bonds is 5. The summed E-state index contributed by atoms with van der Waals surface area (Å²) in [6.07, 6.45) is 0. The molecule has 3 nitrogen and oxygen atoms in total. The Morgan fingerprint density at radius 2 is 1.90 bits per heavy atom. The Labute approximate surface area is 131 Å². The molecule has 0 spiro atoms. The summed E-state index contributed by atoms with van der Waals surface area (Å²) in [6.45, 7) is 8.92. The first-order valence-electron chi connectivity index (χ1n) is 7.54. The van der Waals surface area contributed by atoms with Crippen molar-refractivity contribution in [3.8, 4) is 0 Å². The van der Waals surface area contributed by atoms with Gasteiger partial charge in [-0.1, -0.05) is 31.5 Å². The summed E-state index contributed by atoms with van der Waals surface area (Å²) in [4.78, 5) is 4.54. The van der Waals surface area contributed by atoms with E-state index < -0.39 is 0 Å². The Morgan fingerprint density at radius 3 is 2.43 bits per heavy atom. The lowest BCUT2D eigenvalue weighted by molar-refractivity contribution is 0.0592. The van der Waals surface area contributed by atoms with Gasteiger partial charge in [0.1, 0.15) is 5.82 Å². The summed E-state index contributed by atoms with van der Waals surface area (Å²) in [7, 11) is 0. The Kier molecular flexibility index (Phi) is 5.99. The Bertz CT molecular complexity index is 441. The molecule has 1 saturated heterocycles. The second kappa shape index (κ2) is 7.54. The van der Waals surface area contributed by atoms with Crippen LogP contribution in [0.1, 0.15) is 25.5 Å². The molecule has 1 heterocycles. The molecule has 1 atom stereocenters. The standard InChI is InChI=1S/C16H24ClFN2O/c1-12(2)10-19-6-8-20(9-7-19)15(11-21)16-13(17)4-3-5-14(16)18/h3-5,12,15,21H,6-11H2,1-2H3. The largest absolute Gasteiger partial charge is 0.394 e. The van der Waals surface area contributed by atoms with Gasteiger partial charge in [0.25, 0.3) is 0 Å². The zero-order valence-electron chi connectivity index (χ0n) is 12.7. The van der Waals surface area contributed by atoms with E-state index in [0.717, 1.165) is 32.7 Å². The molecule has 21 heavy (non-hydrogen) atoms. The highest BCUT2D eigenvalue weighted by Gasteiger charge is 2.28. The molecule has 1 fully saturated rings. The molecule has 1 unspecified atom stereocenters. The van der Waals surface area contributed by atoms with Crippen LogP contribution in [0, 0.1) is 11.7 Å². The number of nitrogens with zero attached hydrogens (tertiary/aromatic N) is 2. The van der Waals surface area contributed by atoms with Gasteiger partial charge in [0.15, 0.2) is 0 Å².